The molecule has 0 unspecified atom stereocenters. The zero-order valence-electron chi connectivity index (χ0n) is 11.1. The molecule has 1 aliphatic rings. The van der Waals surface area contributed by atoms with Gasteiger partial charge in [-0.2, -0.15) is 0 Å². The van der Waals surface area contributed by atoms with Crippen LogP contribution in [0.1, 0.15) is 13.3 Å². The summed E-state index contributed by atoms with van der Waals surface area (Å²) in [5.41, 5.74) is 2.63. The zero-order valence-corrected chi connectivity index (χ0v) is 11.1. The highest BCUT2D eigenvalue weighted by Gasteiger charge is 2.23. The molecule has 0 aliphatic carbocycles. The number of likely N-dealkylation sites (N-methyl/N-ethyl adjacent to an activating group) is 1. The van der Waals surface area contributed by atoms with Crippen LogP contribution in [0.25, 0.3) is 0 Å². The molecule has 0 aromatic heterocycles. The van der Waals surface area contributed by atoms with E-state index < -0.39 is 0 Å². The summed E-state index contributed by atoms with van der Waals surface area (Å²) in [6, 6.07) is 9.21. The molecule has 0 amide bonds. The third-order valence-corrected chi connectivity index (χ3v) is 3.41. The van der Waals surface area contributed by atoms with E-state index in [0.29, 0.717) is 6.04 Å². The van der Waals surface area contributed by atoms with Crippen LogP contribution in [0, 0.1) is 0 Å². The molecule has 1 heterocycles. The van der Waals surface area contributed by atoms with Crippen LogP contribution in [0.5, 0.6) is 0 Å². The molecule has 0 bridgehead atoms. The second kappa shape index (κ2) is 5.41. The van der Waals surface area contributed by atoms with Crippen LogP contribution in [-0.2, 0) is 0 Å². The van der Waals surface area contributed by atoms with Crippen LogP contribution < -0.4 is 15.1 Å². The first-order chi connectivity index (χ1) is 8.24. The van der Waals surface area contributed by atoms with E-state index in [2.05, 4.69) is 60.4 Å². The fourth-order valence-corrected chi connectivity index (χ4v) is 2.54. The Morgan fingerprint density at radius 1 is 1.24 bits per heavy atom. The monoisotopic (exact) mass is 232 g/mol. The SMILES string of the molecule is CCN(c1ccccc1N(C)C)[C@H]1CC[N]C1. The smallest absolute Gasteiger partial charge is 0.0606 e. The number of para-hydroxylation sites is 2. The summed E-state index contributed by atoms with van der Waals surface area (Å²) in [7, 11) is 4.21. The molecule has 1 aromatic rings. The lowest BCUT2D eigenvalue weighted by Crippen LogP contribution is -2.37. The first-order valence-corrected chi connectivity index (χ1v) is 6.40. The lowest BCUT2D eigenvalue weighted by molar-refractivity contribution is 0.646. The molecule has 0 saturated carbocycles. The second-order valence-electron chi connectivity index (χ2n) is 4.74. The van der Waals surface area contributed by atoms with Crippen molar-refractivity contribution in [2.24, 2.45) is 0 Å². The number of benzene rings is 1. The quantitative estimate of drug-likeness (QED) is 0.791. The average Bonchev–Trinajstić information content (AvgIpc) is 2.84. The highest BCUT2D eigenvalue weighted by Crippen LogP contribution is 2.30. The fourth-order valence-electron chi connectivity index (χ4n) is 2.54. The molecule has 1 aromatic carbocycles. The maximum atomic E-state index is 4.48. The van der Waals surface area contributed by atoms with Gasteiger partial charge in [-0.25, -0.2) is 5.32 Å². The van der Waals surface area contributed by atoms with Gasteiger partial charge < -0.3 is 9.80 Å². The lowest BCUT2D eigenvalue weighted by atomic mass is 10.1. The minimum Gasteiger partial charge on any atom is -0.376 e. The fraction of sp³-hybridized carbons (Fsp3) is 0.571. The van der Waals surface area contributed by atoms with Gasteiger partial charge in [0.05, 0.1) is 11.4 Å². The van der Waals surface area contributed by atoms with Crippen LogP contribution in [0.4, 0.5) is 11.4 Å². The van der Waals surface area contributed by atoms with E-state index in [1.807, 2.05) is 0 Å². The summed E-state index contributed by atoms with van der Waals surface area (Å²) in [6.07, 6.45) is 1.19. The van der Waals surface area contributed by atoms with Gasteiger partial charge in [0.2, 0.25) is 0 Å². The maximum Gasteiger partial charge on any atom is 0.0606 e. The van der Waals surface area contributed by atoms with E-state index in [1.54, 1.807) is 0 Å². The van der Waals surface area contributed by atoms with Crippen LogP contribution >= 0.6 is 0 Å². The van der Waals surface area contributed by atoms with Crippen molar-refractivity contribution in [3.63, 3.8) is 0 Å². The van der Waals surface area contributed by atoms with E-state index >= 15 is 0 Å². The molecule has 1 fully saturated rings. The molecular weight excluding hydrogens is 210 g/mol. The molecule has 1 atom stereocenters. The van der Waals surface area contributed by atoms with Crippen LogP contribution in [-0.4, -0.2) is 39.8 Å². The van der Waals surface area contributed by atoms with Crippen molar-refractivity contribution < 1.29 is 0 Å². The molecule has 1 saturated heterocycles. The number of anilines is 2. The number of nitrogens with zero attached hydrogens (tertiary/aromatic N) is 3. The molecular formula is C14H22N3. The Hall–Kier alpha value is -1.22. The van der Waals surface area contributed by atoms with Gasteiger partial charge in [-0.05, 0) is 25.5 Å². The molecule has 0 spiro atoms. The number of rotatable bonds is 4. The third-order valence-electron chi connectivity index (χ3n) is 3.41. The van der Waals surface area contributed by atoms with Gasteiger partial charge in [0.15, 0.2) is 0 Å². The van der Waals surface area contributed by atoms with Crippen molar-refractivity contribution in [3.05, 3.63) is 24.3 Å². The Morgan fingerprint density at radius 3 is 2.47 bits per heavy atom. The van der Waals surface area contributed by atoms with Gasteiger partial charge in [-0.1, -0.05) is 12.1 Å². The van der Waals surface area contributed by atoms with Crippen LogP contribution in [0.2, 0.25) is 0 Å². The van der Waals surface area contributed by atoms with Gasteiger partial charge in [0.25, 0.3) is 0 Å². The van der Waals surface area contributed by atoms with Gasteiger partial charge in [0, 0.05) is 39.8 Å². The second-order valence-corrected chi connectivity index (χ2v) is 4.74. The Bertz CT molecular complexity index is 356. The number of hydrogen-bond donors (Lipinski definition) is 0. The van der Waals surface area contributed by atoms with E-state index in [0.717, 1.165) is 19.6 Å². The predicted octanol–water partition coefficient (Wildman–Crippen LogP) is 1.96. The van der Waals surface area contributed by atoms with Crippen molar-refractivity contribution in [2.75, 3.05) is 43.5 Å². The van der Waals surface area contributed by atoms with Gasteiger partial charge in [-0.3, -0.25) is 0 Å². The van der Waals surface area contributed by atoms with Gasteiger partial charge in [0.1, 0.15) is 0 Å². The van der Waals surface area contributed by atoms with Crippen molar-refractivity contribution in [1.29, 1.82) is 0 Å². The van der Waals surface area contributed by atoms with E-state index in [4.69, 9.17) is 0 Å². The first-order valence-electron chi connectivity index (χ1n) is 6.40. The molecule has 3 heteroatoms. The zero-order chi connectivity index (χ0) is 12.3. The molecule has 2 rings (SSSR count). The van der Waals surface area contributed by atoms with E-state index in [1.165, 1.54) is 17.8 Å². The molecule has 3 nitrogen and oxygen atoms in total. The summed E-state index contributed by atoms with van der Waals surface area (Å²) < 4.78 is 0. The van der Waals surface area contributed by atoms with Crippen molar-refractivity contribution in [1.82, 2.24) is 5.32 Å². The largest absolute Gasteiger partial charge is 0.376 e. The summed E-state index contributed by atoms with van der Waals surface area (Å²) in [5, 5.41) is 4.48. The van der Waals surface area contributed by atoms with Gasteiger partial charge >= 0.3 is 0 Å². The Balaban J connectivity index is 2.29. The maximum absolute atomic E-state index is 4.48. The van der Waals surface area contributed by atoms with E-state index in [9.17, 15) is 0 Å². The topological polar surface area (TPSA) is 20.6 Å². The Labute approximate surface area is 104 Å². The average molecular weight is 232 g/mol. The predicted molar refractivity (Wildman–Crippen MR) is 74.1 cm³/mol. The van der Waals surface area contributed by atoms with E-state index in [-0.39, 0.29) is 0 Å². The Kier molecular flexibility index (Phi) is 3.89. The molecule has 1 radical (unpaired) electrons. The van der Waals surface area contributed by atoms with Crippen molar-refractivity contribution in [2.45, 2.75) is 19.4 Å². The summed E-state index contributed by atoms with van der Waals surface area (Å²) in [4.78, 5) is 4.68. The summed E-state index contributed by atoms with van der Waals surface area (Å²) >= 11 is 0. The minimum absolute atomic E-state index is 0.584. The van der Waals surface area contributed by atoms with Crippen molar-refractivity contribution >= 4 is 11.4 Å². The van der Waals surface area contributed by atoms with Crippen molar-refractivity contribution in [3.8, 4) is 0 Å². The van der Waals surface area contributed by atoms with Gasteiger partial charge in [-0.15, -0.1) is 0 Å². The summed E-state index contributed by atoms with van der Waals surface area (Å²) in [5.74, 6) is 0. The minimum atomic E-state index is 0.584. The van der Waals surface area contributed by atoms with Crippen LogP contribution in [0.15, 0.2) is 24.3 Å². The highest BCUT2D eigenvalue weighted by molar-refractivity contribution is 5.71. The number of hydrogen-bond acceptors (Lipinski definition) is 2. The molecule has 0 N–H and O–H groups in total. The lowest BCUT2D eigenvalue weighted by Gasteiger charge is -2.32. The van der Waals surface area contributed by atoms with Crippen LogP contribution in [0.3, 0.4) is 0 Å². The first kappa shape index (κ1) is 12.2. The molecule has 93 valence electrons. The standard InChI is InChI=1S/C14H22N3/c1-4-17(12-9-10-15-11-12)14-8-6-5-7-13(14)16(2)3/h5-8,12H,4,9-11H2,1-3H3/t12-/m0/s1. The normalized spacial score (nSPS) is 19.4. The molecule has 17 heavy (non-hydrogen) atoms. The third kappa shape index (κ3) is 2.55. The molecule has 1 aliphatic heterocycles. The highest BCUT2D eigenvalue weighted by atomic mass is 15.2. The Morgan fingerprint density at radius 2 is 1.94 bits per heavy atom. The summed E-state index contributed by atoms with van der Waals surface area (Å²) in [6.45, 7) is 5.27.